The molecule has 3 atom stereocenters. The Morgan fingerprint density at radius 3 is 2.53 bits per heavy atom. The smallest absolute Gasteiger partial charge is 0.317 e. The van der Waals surface area contributed by atoms with Crippen molar-refractivity contribution >= 4 is 28.2 Å². The molecule has 2 aromatic carbocycles. The lowest BCUT2D eigenvalue weighted by molar-refractivity contribution is 0.0808. The van der Waals surface area contributed by atoms with Crippen molar-refractivity contribution in [2.75, 3.05) is 26.7 Å². The van der Waals surface area contributed by atoms with Crippen LogP contribution >= 0.6 is 0 Å². The second-order valence-electron chi connectivity index (χ2n) is 10.5. The van der Waals surface area contributed by atoms with E-state index in [4.69, 9.17) is 4.74 Å². The van der Waals surface area contributed by atoms with Crippen LogP contribution in [0.5, 0.6) is 5.75 Å². The van der Waals surface area contributed by atoms with Crippen LogP contribution in [0.1, 0.15) is 50.7 Å². The Balaban J connectivity index is 1.64. The monoisotopic (exact) mass is 541 g/mol. The number of carbonyl (C=O) groups excluding carboxylic acids is 1. The topological polar surface area (TPSA) is 99.2 Å². The zero-order valence-electron chi connectivity index (χ0n) is 22.4. The molecule has 1 aliphatic carbocycles. The number of ether oxygens (including phenoxy) is 1. The number of nitrogens with zero attached hydrogens (tertiary/aromatic N) is 2. The van der Waals surface area contributed by atoms with Gasteiger partial charge in [-0.1, -0.05) is 68.3 Å². The standard InChI is InChI=1S/C29H39N3O5S/c1-21-18-32(22(2)20-33)38(35,36)28-16-15-24(14-13-23-9-5-4-6-10-23)17-26(28)37-27(21)19-31(3)29(34)30-25-11-7-8-12-25/h4-6,9-10,13-17,21-22,25,27,33H,7-8,11-12,18-20H2,1-3H3,(H,30,34)/b14-13+/t21-,22+,27+/m0/s1. The van der Waals surface area contributed by atoms with E-state index in [2.05, 4.69) is 5.32 Å². The van der Waals surface area contributed by atoms with E-state index in [1.54, 1.807) is 37.1 Å². The van der Waals surface area contributed by atoms with Crippen LogP contribution < -0.4 is 10.1 Å². The van der Waals surface area contributed by atoms with E-state index in [0.717, 1.165) is 36.8 Å². The quantitative estimate of drug-likeness (QED) is 0.512. The number of hydrogen-bond donors (Lipinski definition) is 2. The summed E-state index contributed by atoms with van der Waals surface area (Å²) in [7, 11) is -2.18. The van der Waals surface area contributed by atoms with Gasteiger partial charge in [0.15, 0.2) is 0 Å². The largest absolute Gasteiger partial charge is 0.487 e. The fourth-order valence-electron chi connectivity index (χ4n) is 5.03. The molecule has 0 unspecified atom stereocenters. The molecule has 2 aliphatic rings. The third-order valence-corrected chi connectivity index (χ3v) is 9.46. The predicted molar refractivity (Wildman–Crippen MR) is 149 cm³/mol. The normalized spacial score (nSPS) is 22.7. The third-order valence-electron chi connectivity index (χ3n) is 7.44. The number of benzene rings is 2. The molecule has 0 aromatic heterocycles. The van der Waals surface area contributed by atoms with Gasteiger partial charge in [-0.15, -0.1) is 0 Å². The molecule has 1 fully saturated rings. The summed E-state index contributed by atoms with van der Waals surface area (Å²) in [6, 6.07) is 14.3. The van der Waals surface area contributed by atoms with E-state index in [9.17, 15) is 18.3 Å². The van der Waals surface area contributed by atoms with Crippen molar-refractivity contribution in [3.05, 3.63) is 59.7 Å². The Kier molecular flexibility index (Phi) is 9.12. The van der Waals surface area contributed by atoms with Crippen molar-refractivity contribution in [3.8, 4) is 5.75 Å². The number of sulfonamides is 1. The maximum atomic E-state index is 13.7. The van der Waals surface area contributed by atoms with Crippen molar-refractivity contribution in [2.45, 2.75) is 62.6 Å². The van der Waals surface area contributed by atoms with Crippen molar-refractivity contribution < 1.29 is 23.1 Å². The maximum Gasteiger partial charge on any atom is 0.317 e. The van der Waals surface area contributed by atoms with Gasteiger partial charge in [0.25, 0.3) is 0 Å². The molecule has 206 valence electrons. The molecule has 2 amide bonds. The summed E-state index contributed by atoms with van der Waals surface area (Å²) < 4.78 is 35.1. The molecule has 2 aromatic rings. The highest BCUT2D eigenvalue weighted by Gasteiger charge is 2.38. The number of likely N-dealkylation sites (N-methyl/N-ethyl adjacent to an activating group) is 1. The summed E-state index contributed by atoms with van der Waals surface area (Å²) in [5.74, 6) is 0.00803. The number of hydrogen-bond acceptors (Lipinski definition) is 5. The minimum Gasteiger partial charge on any atom is -0.487 e. The zero-order chi connectivity index (χ0) is 27.3. The number of nitrogens with one attached hydrogen (secondary N) is 1. The molecule has 0 spiro atoms. The highest BCUT2D eigenvalue weighted by molar-refractivity contribution is 7.89. The second-order valence-corrected chi connectivity index (χ2v) is 12.4. The van der Waals surface area contributed by atoms with Crippen LogP contribution in [-0.4, -0.2) is 73.7 Å². The summed E-state index contributed by atoms with van der Waals surface area (Å²) in [6.45, 7) is 3.78. The first-order chi connectivity index (χ1) is 18.2. The van der Waals surface area contributed by atoms with E-state index in [0.29, 0.717) is 6.54 Å². The second kappa shape index (κ2) is 12.3. The van der Waals surface area contributed by atoms with Crippen molar-refractivity contribution in [1.82, 2.24) is 14.5 Å². The minimum atomic E-state index is -3.92. The van der Waals surface area contributed by atoms with Gasteiger partial charge in [-0.3, -0.25) is 0 Å². The first-order valence-electron chi connectivity index (χ1n) is 13.4. The lowest BCUT2D eigenvalue weighted by atomic mass is 10.0. The SMILES string of the molecule is C[C@H](CO)N1C[C@H](C)[C@@H](CN(C)C(=O)NC2CCCC2)Oc2cc(/C=C/c3ccccc3)ccc2S1(=O)=O. The number of aliphatic hydroxyl groups excluding tert-OH is 1. The van der Waals surface area contributed by atoms with Crippen LogP contribution in [0.3, 0.4) is 0 Å². The van der Waals surface area contributed by atoms with Gasteiger partial charge in [-0.25, -0.2) is 13.2 Å². The third kappa shape index (κ3) is 6.57. The van der Waals surface area contributed by atoms with Gasteiger partial charge in [0.1, 0.15) is 16.7 Å². The van der Waals surface area contributed by atoms with Gasteiger partial charge in [0, 0.05) is 31.6 Å². The summed E-state index contributed by atoms with van der Waals surface area (Å²) in [5.41, 5.74) is 1.82. The van der Waals surface area contributed by atoms with Gasteiger partial charge >= 0.3 is 6.03 Å². The Morgan fingerprint density at radius 2 is 1.84 bits per heavy atom. The van der Waals surface area contributed by atoms with E-state index < -0.39 is 22.2 Å². The van der Waals surface area contributed by atoms with Crippen LogP contribution in [-0.2, 0) is 10.0 Å². The Labute approximate surface area is 226 Å². The fourth-order valence-corrected chi connectivity index (χ4v) is 6.85. The average Bonchev–Trinajstić information content (AvgIpc) is 3.42. The minimum absolute atomic E-state index is 0.0598. The summed E-state index contributed by atoms with van der Waals surface area (Å²) in [4.78, 5) is 14.6. The molecule has 8 nitrogen and oxygen atoms in total. The van der Waals surface area contributed by atoms with E-state index in [-0.39, 0.29) is 41.8 Å². The van der Waals surface area contributed by atoms with Gasteiger partial charge in [-0.2, -0.15) is 4.31 Å². The van der Waals surface area contributed by atoms with Gasteiger partial charge < -0.3 is 20.1 Å². The van der Waals surface area contributed by atoms with Crippen molar-refractivity contribution in [1.29, 1.82) is 0 Å². The van der Waals surface area contributed by atoms with Crippen LogP contribution in [0.25, 0.3) is 12.2 Å². The highest BCUT2D eigenvalue weighted by atomic mass is 32.2. The first kappa shape index (κ1) is 28.1. The summed E-state index contributed by atoms with van der Waals surface area (Å²) in [5, 5.41) is 13.0. The molecule has 1 aliphatic heterocycles. The highest BCUT2D eigenvalue weighted by Crippen LogP contribution is 2.34. The average molecular weight is 542 g/mol. The van der Waals surface area contributed by atoms with Crippen LogP contribution in [0.4, 0.5) is 4.79 Å². The molecule has 38 heavy (non-hydrogen) atoms. The number of fused-ring (bicyclic) bond motifs is 1. The molecule has 0 radical (unpaired) electrons. The van der Waals surface area contributed by atoms with Crippen LogP contribution in [0.15, 0.2) is 53.4 Å². The van der Waals surface area contributed by atoms with E-state index in [1.165, 1.54) is 4.31 Å². The number of carbonyl (C=O) groups is 1. The molecule has 0 bridgehead atoms. The van der Waals surface area contributed by atoms with Gasteiger partial charge in [0.2, 0.25) is 10.0 Å². The number of aliphatic hydroxyl groups is 1. The Bertz CT molecular complexity index is 1230. The molecule has 4 rings (SSSR count). The van der Waals surface area contributed by atoms with Crippen LogP contribution in [0.2, 0.25) is 0 Å². The Hall–Kier alpha value is -2.88. The Morgan fingerprint density at radius 1 is 1.16 bits per heavy atom. The number of amides is 2. The van der Waals surface area contributed by atoms with Gasteiger partial charge in [-0.05, 0) is 43.0 Å². The molecular formula is C29H39N3O5S. The lowest BCUT2D eigenvalue weighted by Crippen LogP contribution is -2.51. The van der Waals surface area contributed by atoms with E-state index in [1.807, 2.05) is 49.4 Å². The maximum absolute atomic E-state index is 13.7. The number of urea groups is 1. The molecular weight excluding hydrogens is 502 g/mol. The fraction of sp³-hybridized carbons (Fsp3) is 0.483. The summed E-state index contributed by atoms with van der Waals surface area (Å²) in [6.07, 6.45) is 7.66. The lowest BCUT2D eigenvalue weighted by Gasteiger charge is -2.37. The molecule has 9 heteroatoms. The molecule has 1 saturated carbocycles. The zero-order valence-corrected chi connectivity index (χ0v) is 23.2. The molecule has 1 heterocycles. The van der Waals surface area contributed by atoms with Gasteiger partial charge in [0.05, 0.1) is 13.2 Å². The number of rotatable bonds is 7. The first-order valence-corrected chi connectivity index (χ1v) is 14.8. The van der Waals surface area contributed by atoms with Crippen molar-refractivity contribution in [3.63, 3.8) is 0 Å². The molecule has 0 saturated heterocycles. The van der Waals surface area contributed by atoms with Crippen LogP contribution in [0, 0.1) is 5.92 Å². The summed E-state index contributed by atoms with van der Waals surface area (Å²) >= 11 is 0. The predicted octanol–water partition coefficient (Wildman–Crippen LogP) is 4.21. The van der Waals surface area contributed by atoms with E-state index >= 15 is 0 Å². The molecule has 2 N–H and O–H groups in total. The van der Waals surface area contributed by atoms with Crippen molar-refractivity contribution in [2.24, 2.45) is 5.92 Å².